The van der Waals surface area contributed by atoms with Gasteiger partial charge in [-0.2, -0.15) is 9.98 Å². The van der Waals surface area contributed by atoms with E-state index in [1.165, 1.54) is 24.3 Å². The molecule has 1 aromatic carbocycles. The normalized spacial score (nSPS) is 10.6. The average Bonchev–Trinajstić information content (AvgIpc) is 2.45. The standard InChI is InChI=1S/C12H8N2O6/c15-6-13-10(14-7-16)5-20-12(19)9-4-2-1-3-8(9)11(17)18/h1-4,10H,5H2,(H,17,18). The number of carbonyl (C=O) groups is 2. The molecule has 20 heavy (non-hydrogen) atoms. The summed E-state index contributed by atoms with van der Waals surface area (Å²) in [6.07, 6.45) is 1.08. The second-order valence-electron chi connectivity index (χ2n) is 3.37. The van der Waals surface area contributed by atoms with Crippen LogP contribution in [0.2, 0.25) is 0 Å². The monoisotopic (exact) mass is 276 g/mol. The molecule has 0 heterocycles. The summed E-state index contributed by atoms with van der Waals surface area (Å²) in [6, 6.07) is 5.43. The molecule has 102 valence electrons. The summed E-state index contributed by atoms with van der Waals surface area (Å²) in [4.78, 5) is 49.0. The molecule has 0 aliphatic heterocycles. The summed E-state index contributed by atoms with van der Waals surface area (Å²) >= 11 is 0. The summed E-state index contributed by atoms with van der Waals surface area (Å²) in [5, 5.41) is 8.91. The zero-order chi connectivity index (χ0) is 15.0. The Kier molecular flexibility index (Phi) is 5.52. The highest BCUT2D eigenvalue weighted by molar-refractivity contribution is 6.02. The molecule has 8 heteroatoms. The third kappa shape index (κ3) is 3.99. The molecule has 0 saturated carbocycles. The minimum atomic E-state index is -1.29. The van der Waals surface area contributed by atoms with Crippen LogP contribution in [-0.2, 0) is 14.3 Å². The second-order valence-corrected chi connectivity index (χ2v) is 3.37. The summed E-state index contributed by atoms with van der Waals surface area (Å²) in [7, 11) is 0. The van der Waals surface area contributed by atoms with Crippen LogP contribution in [-0.4, -0.2) is 42.0 Å². The average molecular weight is 276 g/mol. The lowest BCUT2D eigenvalue weighted by Gasteiger charge is -2.08. The molecule has 0 radical (unpaired) electrons. The maximum Gasteiger partial charge on any atom is 0.339 e. The van der Waals surface area contributed by atoms with Crippen LogP contribution in [0.5, 0.6) is 0 Å². The number of rotatable bonds is 6. The highest BCUT2D eigenvalue weighted by Gasteiger charge is 2.18. The van der Waals surface area contributed by atoms with Gasteiger partial charge in [-0.05, 0) is 12.1 Å². The fourth-order valence-corrected chi connectivity index (χ4v) is 1.30. The van der Waals surface area contributed by atoms with E-state index in [1.807, 2.05) is 0 Å². The highest BCUT2D eigenvalue weighted by atomic mass is 16.5. The van der Waals surface area contributed by atoms with Gasteiger partial charge in [0.05, 0.1) is 11.1 Å². The first kappa shape index (κ1) is 15.0. The maximum absolute atomic E-state index is 11.7. The number of carbonyl (C=O) groups excluding carboxylic acids is 3. The van der Waals surface area contributed by atoms with Crippen molar-refractivity contribution < 1.29 is 29.0 Å². The molecule has 0 fully saturated rings. The molecule has 0 unspecified atom stereocenters. The number of ether oxygens (including phenoxy) is 1. The molecule has 1 aromatic rings. The fraction of sp³-hybridized carbons (Fsp3) is 0.167. The van der Waals surface area contributed by atoms with Gasteiger partial charge in [0.15, 0.2) is 6.17 Å². The van der Waals surface area contributed by atoms with Gasteiger partial charge in [-0.3, -0.25) is 0 Å². The third-order valence-electron chi connectivity index (χ3n) is 2.14. The van der Waals surface area contributed by atoms with Gasteiger partial charge in [0, 0.05) is 0 Å². The lowest BCUT2D eigenvalue weighted by atomic mass is 10.1. The van der Waals surface area contributed by atoms with Crippen molar-refractivity contribution in [3.05, 3.63) is 35.4 Å². The number of esters is 1. The molecule has 0 aliphatic rings. The summed E-state index contributed by atoms with van der Waals surface area (Å²) in [5.41, 5.74) is -0.393. The minimum Gasteiger partial charge on any atom is -0.478 e. The highest BCUT2D eigenvalue weighted by Crippen LogP contribution is 2.10. The Balaban J connectivity index is 2.84. The minimum absolute atomic E-state index is 0.163. The van der Waals surface area contributed by atoms with Gasteiger partial charge < -0.3 is 9.84 Å². The molecule has 0 atom stereocenters. The van der Waals surface area contributed by atoms with Gasteiger partial charge in [0.2, 0.25) is 12.2 Å². The van der Waals surface area contributed by atoms with Gasteiger partial charge in [-0.15, -0.1) is 0 Å². The van der Waals surface area contributed by atoms with Crippen molar-refractivity contribution >= 4 is 24.1 Å². The van der Waals surface area contributed by atoms with Gasteiger partial charge >= 0.3 is 11.9 Å². The van der Waals surface area contributed by atoms with Crippen molar-refractivity contribution in [3.63, 3.8) is 0 Å². The molecule has 1 rings (SSSR count). The number of hydrogen-bond donors (Lipinski definition) is 1. The Labute approximate surface area is 112 Å². The molecule has 1 N–H and O–H groups in total. The van der Waals surface area contributed by atoms with Crippen molar-refractivity contribution in [1.82, 2.24) is 0 Å². The number of benzene rings is 1. The van der Waals surface area contributed by atoms with E-state index >= 15 is 0 Å². The Morgan fingerprint density at radius 3 is 2.20 bits per heavy atom. The van der Waals surface area contributed by atoms with E-state index in [1.54, 1.807) is 0 Å². The van der Waals surface area contributed by atoms with Gasteiger partial charge in [-0.1, -0.05) is 12.1 Å². The van der Waals surface area contributed by atoms with E-state index in [9.17, 15) is 19.2 Å². The van der Waals surface area contributed by atoms with E-state index in [0.717, 1.165) is 12.2 Å². The molecular weight excluding hydrogens is 268 g/mol. The summed E-state index contributed by atoms with van der Waals surface area (Å²) < 4.78 is 4.74. The van der Waals surface area contributed by atoms with E-state index in [4.69, 9.17) is 9.84 Å². The van der Waals surface area contributed by atoms with E-state index < -0.39 is 24.7 Å². The van der Waals surface area contributed by atoms with Crippen LogP contribution in [0.25, 0.3) is 0 Å². The smallest absolute Gasteiger partial charge is 0.339 e. The zero-order valence-electron chi connectivity index (χ0n) is 9.98. The van der Waals surface area contributed by atoms with Gasteiger partial charge in [-0.25, -0.2) is 19.2 Å². The number of hydrogen-bond acceptors (Lipinski definition) is 7. The number of carboxylic acid groups (broad SMARTS) is 1. The molecule has 0 bridgehead atoms. The van der Waals surface area contributed by atoms with Crippen molar-refractivity contribution in [3.8, 4) is 0 Å². The predicted molar refractivity (Wildman–Crippen MR) is 63.7 cm³/mol. The number of aliphatic imine (C=N–C) groups is 2. The van der Waals surface area contributed by atoms with Crippen LogP contribution in [0.15, 0.2) is 34.3 Å². The lowest BCUT2D eigenvalue weighted by molar-refractivity contribution is 0.0475. The fourth-order valence-electron chi connectivity index (χ4n) is 1.30. The number of carboxylic acids is 1. The van der Waals surface area contributed by atoms with Gasteiger partial charge in [0.1, 0.15) is 6.61 Å². The molecule has 0 aromatic heterocycles. The number of nitrogens with zero attached hydrogens (tertiary/aromatic N) is 2. The Hall–Kier alpha value is -3.08. The van der Waals surface area contributed by atoms with E-state index in [0.29, 0.717) is 0 Å². The zero-order valence-corrected chi connectivity index (χ0v) is 9.98. The molecule has 0 aliphatic carbocycles. The van der Waals surface area contributed by atoms with Crippen LogP contribution < -0.4 is 0 Å². The predicted octanol–water partition coefficient (Wildman–Crippen LogP) is 0.539. The SMILES string of the molecule is O=C=NC(COC(=O)c1ccccc1C(=O)O)N=C=O. The first-order valence-electron chi connectivity index (χ1n) is 5.23. The first-order chi connectivity index (χ1) is 9.60. The number of aromatic carboxylic acids is 1. The van der Waals surface area contributed by atoms with E-state index in [2.05, 4.69) is 9.98 Å². The third-order valence-corrected chi connectivity index (χ3v) is 2.14. The second kappa shape index (κ2) is 7.38. The van der Waals surface area contributed by atoms with Crippen LogP contribution in [0.4, 0.5) is 0 Å². The maximum atomic E-state index is 11.7. The summed E-state index contributed by atoms with van der Waals surface area (Å²) in [5.74, 6) is -2.22. The Morgan fingerprint density at radius 1 is 1.15 bits per heavy atom. The lowest BCUT2D eigenvalue weighted by Crippen LogP contribution is -2.17. The summed E-state index contributed by atoms with van der Waals surface area (Å²) in [6.45, 7) is -0.503. The van der Waals surface area contributed by atoms with Crippen molar-refractivity contribution in [2.24, 2.45) is 9.98 Å². The molecule has 0 spiro atoms. The molecule has 0 saturated heterocycles. The number of isocyanates is 2. The van der Waals surface area contributed by atoms with E-state index in [-0.39, 0.29) is 11.1 Å². The largest absolute Gasteiger partial charge is 0.478 e. The van der Waals surface area contributed by atoms with Crippen molar-refractivity contribution in [2.75, 3.05) is 6.61 Å². The van der Waals surface area contributed by atoms with Crippen molar-refractivity contribution in [1.29, 1.82) is 0 Å². The quantitative estimate of drug-likeness (QED) is 0.459. The molecule has 0 amide bonds. The van der Waals surface area contributed by atoms with Crippen LogP contribution in [0.3, 0.4) is 0 Å². The van der Waals surface area contributed by atoms with Crippen LogP contribution in [0.1, 0.15) is 20.7 Å². The first-order valence-corrected chi connectivity index (χ1v) is 5.23. The van der Waals surface area contributed by atoms with Crippen LogP contribution >= 0.6 is 0 Å². The van der Waals surface area contributed by atoms with Gasteiger partial charge in [0.25, 0.3) is 0 Å². The molecule has 8 nitrogen and oxygen atoms in total. The Bertz CT molecular complexity index is 596. The Morgan fingerprint density at radius 2 is 1.70 bits per heavy atom. The topological polar surface area (TPSA) is 122 Å². The van der Waals surface area contributed by atoms with Crippen LogP contribution in [0, 0.1) is 0 Å². The molecular formula is C12H8N2O6. The van der Waals surface area contributed by atoms with Crippen molar-refractivity contribution in [2.45, 2.75) is 6.17 Å².